The Labute approximate surface area is 100 Å². The number of nitrogens with two attached hydrogens (primary N) is 1. The van der Waals surface area contributed by atoms with Crippen LogP contribution in [0, 0.1) is 0 Å². The SMILES string of the molecule is NC(CCCc1ccccc1)c1cncs1. The molecule has 1 aromatic heterocycles. The molecule has 2 N–H and O–H groups in total. The van der Waals surface area contributed by atoms with E-state index in [1.54, 1.807) is 11.3 Å². The summed E-state index contributed by atoms with van der Waals surface area (Å²) >= 11 is 1.64. The number of aromatic nitrogens is 1. The molecule has 16 heavy (non-hydrogen) atoms. The lowest BCUT2D eigenvalue weighted by Gasteiger charge is -2.08. The van der Waals surface area contributed by atoms with E-state index in [-0.39, 0.29) is 6.04 Å². The van der Waals surface area contributed by atoms with Crippen LogP contribution in [-0.2, 0) is 6.42 Å². The normalized spacial score (nSPS) is 12.6. The van der Waals surface area contributed by atoms with Gasteiger partial charge < -0.3 is 5.73 Å². The summed E-state index contributed by atoms with van der Waals surface area (Å²) in [6.45, 7) is 0. The molecule has 1 atom stereocenters. The van der Waals surface area contributed by atoms with Gasteiger partial charge in [-0.05, 0) is 24.8 Å². The maximum absolute atomic E-state index is 6.07. The van der Waals surface area contributed by atoms with Crippen molar-refractivity contribution in [3.05, 3.63) is 52.5 Å². The third-order valence-corrected chi connectivity index (χ3v) is 3.55. The highest BCUT2D eigenvalue weighted by molar-refractivity contribution is 7.09. The highest BCUT2D eigenvalue weighted by atomic mass is 32.1. The van der Waals surface area contributed by atoms with E-state index in [0.717, 1.165) is 19.3 Å². The third-order valence-electron chi connectivity index (χ3n) is 2.64. The zero-order valence-corrected chi connectivity index (χ0v) is 9.99. The molecule has 2 rings (SSSR count). The number of aryl methyl sites for hydroxylation is 1. The van der Waals surface area contributed by atoms with Crippen LogP contribution in [0.1, 0.15) is 29.3 Å². The standard InChI is InChI=1S/C13H16N2S/c14-12(13-9-15-10-16-13)8-4-7-11-5-2-1-3-6-11/h1-3,5-6,9-10,12H,4,7-8,14H2. The second-order valence-corrected chi connectivity index (χ2v) is 4.81. The smallest absolute Gasteiger partial charge is 0.0794 e. The monoisotopic (exact) mass is 232 g/mol. The number of hydrogen-bond acceptors (Lipinski definition) is 3. The molecule has 1 heterocycles. The van der Waals surface area contributed by atoms with E-state index in [1.165, 1.54) is 10.4 Å². The summed E-state index contributed by atoms with van der Waals surface area (Å²) in [4.78, 5) is 5.24. The third kappa shape index (κ3) is 3.15. The first-order valence-electron chi connectivity index (χ1n) is 5.54. The summed E-state index contributed by atoms with van der Waals surface area (Å²) in [5, 5.41) is 0. The fourth-order valence-corrected chi connectivity index (χ4v) is 2.38. The minimum atomic E-state index is 0.149. The maximum Gasteiger partial charge on any atom is 0.0794 e. The van der Waals surface area contributed by atoms with Crippen molar-refractivity contribution in [2.24, 2.45) is 5.73 Å². The van der Waals surface area contributed by atoms with Crippen LogP contribution in [0.5, 0.6) is 0 Å². The van der Waals surface area contributed by atoms with Crippen molar-refractivity contribution >= 4 is 11.3 Å². The lowest BCUT2D eigenvalue weighted by molar-refractivity contribution is 0.619. The zero-order chi connectivity index (χ0) is 11.2. The number of hydrogen-bond donors (Lipinski definition) is 1. The fourth-order valence-electron chi connectivity index (χ4n) is 1.72. The molecule has 2 nitrogen and oxygen atoms in total. The Morgan fingerprint density at radius 2 is 2.06 bits per heavy atom. The summed E-state index contributed by atoms with van der Waals surface area (Å²) in [6, 6.07) is 10.7. The summed E-state index contributed by atoms with van der Waals surface area (Å²) in [5.41, 5.74) is 9.30. The van der Waals surface area contributed by atoms with E-state index in [0.29, 0.717) is 0 Å². The molecule has 0 fully saturated rings. The Balaban J connectivity index is 1.76. The van der Waals surface area contributed by atoms with Crippen molar-refractivity contribution in [3.63, 3.8) is 0 Å². The molecule has 0 saturated carbocycles. The van der Waals surface area contributed by atoms with Crippen LogP contribution < -0.4 is 5.73 Å². The summed E-state index contributed by atoms with van der Waals surface area (Å²) < 4.78 is 0. The molecule has 2 aromatic rings. The molecule has 0 amide bonds. The average molecular weight is 232 g/mol. The molecule has 0 aliphatic carbocycles. The topological polar surface area (TPSA) is 38.9 Å². The Morgan fingerprint density at radius 1 is 1.25 bits per heavy atom. The fraction of sp³-hybridized carbons (Fsp3) is 0.308. The highest BCUT2D eigenvalue weighted by Crippen LogP contribution is 2.20. The van der Waals surface area contributed by atoms with E-state index in [2.05, 4.69) is 29.2 Å². The lowest BCUT2D eigenvalue weighted by Crippen LogP contribution is -2.08. The van der Waals surface area contributed by atoms with E-state index >= 15 is 0 Å². The molecule has 0 spiro atoms. The predicted octanol–water partition coefficient (Wildman–Crippen LogP) is 3.17. The van der Waals surface area contributed by atoms with Crippen molar-refractivity contribution in [2.45, 2.75) is 25.3 Å². The molecule has 0 radical (unpaired) electrons. The first-order chi connectivity index (χ1) is 7.86. The molecule has 0 bridgehead atoms. The van der Waals surface area contributed by atoms with Crippen LogP contribution in [0.4, 0.5) is 0 Å². The van der Waals surface area contributed by atoms with Crippen LogP contribution >= 0.6 is 11.3 Å². The van der Waals surface area contributed by atoms with E-state index in [9.17, 15) is 0 Å². The maximum atomic E-state index is 6.07. The van der Waals surface area contributed by atoms with Crippen molar-refractivity contribution in [3.8, 4) is 0 Å². The minimum absolute atomic E-state index is 0.149. The zero-order valence-electron chi connectivity index (χ0n) is 9.17. The molecule has 1 aromatic carbocycles. The van der Waals surface area contributed by atoms with Gasteiger partial charge in [-0.3, -0.25) is 4.98 Å². The van der Waals surface area contributed by atoms with Crippen LogP contribution in [0.15, 0.2) is 42.0 Å². The van der Waals surface area contributed by atoms with Gasteiger partial charge in [0.05, 0.1) is 5.51 Å². The first kappa shape index (κ1) is 11.3. The average Bonchev–Trinajstić information content (AvgIpc) is 2.84. The largest absolute Gasteiger partial charge is 0.323 e. The highest BCUT2D eigenvalue weighted by Gasteiger charge is 2.06. The number of thiazole rings is 1. The van der Waals surface area contributed by atoms with Crippen LogP contribution in [0.3, 0.4) is 0 Å². The van der Waals surface area contributed by atoms with E-state index < -0.39 is 0 Å². The molecule has 3 heteroatoms. The first-order valence-corrected chi connectivity index (χ1v) is 6.42. The van der Waals surface area contributed by atoms with Gasteiger partial charge in [-0.2, -0.15) is 0 Å². The van der Waals surface area contributed by atoms with E-state index in [4.69, 9.17) is 5.73 Å². The molecule has 0 aliphatic heterocycles. The molecular formula is C13H16N2S. The lowest BCUT2D eigenvalue weighted by atomic mass is 10.0. The van der Waals surface area contributed by atoms with Gasteiger partial charge in [0.1, 0.15) is 0 Å². The van der Waals surface area contributed by atoms with Gasteiger partial charge in [0.15, 0.2) is 0 Å². The van der Waals surface area contributed by atoms with Gasteiger partial charge in [-0.25, -0.2) is 0 Å². The van der Waals surface area contributed by atoms with Gasteiger partial charge in [0.25, 0.3) is 0 Å². The van der Waals surface area contributed by atoms with Gasteiger partial charge >= 0.3 is 0 Å². The van der Waals surface area contributed by atoms with Crippen molar-refractivity contribution in [1.29, 1.82) is 0 Å². The van der Waals surface area contributed by atoms with Crippen LogP contribution in [-0.4, -0.2) is 4.98 Å². The molecular weight excluding hydrogens is 216 g/mol. The van der Waals surface area contributed by atoms with Crippen molar-refractivity contribution in [2.75, 3.05) is 0 Å². The Morgan fingerprint density at radius 3 is 2.75 bits per heavy atom. The van der Waals surface area contributed by atoms with Crippen LogP contribution in [0.2, 0.25) is 0 Å². The van der Waals surface area contributed by atoms with Gasteiger partial charge in [0, 0.05) is 17.1 Å². The number of benzene rings is 1. The Hall–Kier alpha value is -1.19. The molecule has 0 aliphatic rings. The second-order valence-electron chi connectivity index (χ2n) is 3.89. The predicted molar refractivity (Wildman–Crippen MR) is 68.4 cm³/mol. The molecule has 1 unspecified atom stereocenters. The summed E-state index contributed by atoms with van der Waals surface area (Å²) in [6.07, 6.45) is 5.13. The molecule has 0 saturated heterocycles. The minimum Gasteiger partial charge on any atom is -0.323 e. The second kappa shape index (κ2) is 5.77. The van der Waals surface area contributed by atoms with Crippen LogP contribution in [0.25, 0.3) is 0 Å². The molecule has 84 valence electrons. The Kier molecular flexibility index (Phi) is 4.08. The van der Waals surface area contributed by atoms with Crippen molar-refractivity contribution < 1.29 is 0 Å². The van der Waals surface area contributed by atoms with Gasteiger partial charge in [0.2, 0.25) is 0 Å². The summed E-state index contributed by atoms with van der Waals surface area (Å²) in [7, 11) is 0. The Bertz CT molecular complexity index is 397. The van der Waals surface area contributed by atoms with Gasteiger partial charge in [-0.15, -0.1) is 11.3 Å². The van der Waals surface area contributed by atoms with Gasteiger partial charge in [-0.1, -0.05) is 30.3 Å². The van der Waals surface area contributed by atoms with E-state index in [1.807, 2.05) is 17.8 Å². The quantitative estimate of drug-likeness (QED) is 0.860. The van der Waals surface area contributed by atoms with Crippen molar-refractivity contribution in [1.82, 2.24) is 4.98 Å². The number of nitrogens with zero attached hydrogens (tertiary/aromatic N) is 1. The summed E-state index contributed by atoms with van der Waals surface area (Å²) in [5.74, 6) is 0. The number of rotatable bonds is 5.